The van der Waals surface area contributed by atoms with Crippen LogP contribution in [0.25, 0.3) is 0 Å². The summed E-state index contributed by atoms with van der Waals surface area (Å²) >= 11 is 24.3. The lowest BCUT2D eigenvalue weighted by Crippen LogP contribution is -2.45. The highest BCUT2D eigenvalue weighted by molar-refractivity contribution is 7.89. The number of hydrogen-bond donors (Lipinski definition) is 2. The maximum Gasteiger partial charge on any atom is 0.243 e. The highest BCUT2D eigenvalue weighted by Crippen LogP contribution is 2.39. The van der Waals surface area contributed by atoms with Gasteiger partial charge < -0.3 is 14.9 Å². The Morgan fingerprint density at radius 2 is 0.837 bits per heavy atom. The fourth-order valence-electron chi connectivity index (χ4n) is 6.14. The highest BCUT2D eigenvalue weighted by Gasteiger charge is 2.40. The van der Waals surface area contributed by atoms with Gasteiger partial charge in [0.05, 0.1) is 41.1 Å². The number of rotatable bonds is 8. The van der Waals surface area contributed by atoms with Gasteiger partial charge in [-0.3, -0.25) is 0 Å². The van der Waals surface area contributed by atoms with E-state index in [2.05, 4.69) is 0 Å². The number of hydrogen-bond acceptors (Lipinski definition) is 7. The van der Waals surface area contributed by atoms with Crippen LogP contribution in [0.3, 0.4) is 0 Å². The van der Waals surface area contributed by atoms with Crippen LogP contribution < -0.4 is 4.74 Å². The third-order valence-corrected chi connectivity index (χ3v) is 14.5. The van der Waals surface area contributed by atoms with Crippen LogP contribution in [0.2, 0.25) is 20.1 Å². The molecule has 2 aliphatic rings. The predicted molar refractivity (Wildman–Crippen MR) is 190 cm³/mol. The van der Waals surface area contributed by atoms with Gasteiger partial charge in [-0.05, 0) is 110 Å². The Balaban J connectivity index is 1.06. The molecule has 2 fully saturated rings. The topological polar surface area (TPSA) is 124 Å². The zero-order chi connectivity index (χ0) is 35.2. The van der Waals surface area contributed by atoms with E-state index in [9.17, 15) is 27.0 Å². The van der Waals surface area contributed by atoms with Crippen molar-refractivity contribution in [1.82, 2.24) is 8.61 Å². The first-order valence-corrected chi connectivity index (χ1v) is 19.7. The van der Waals surface area contributed by atoms with Crippen LogP contribution in [0.5, 0.6) is 11.5 Å². The van der Waals surface area contributed by atoms with E-state index in [0.717, 1.165) is 0 Å². The smallest absolute Gasteiger partial charge is 0.243 e. The van der Waals surface area contributed by atoms with Crippen molar-refractivity contribution in [2.45, 2.75) is 46.7 Å². The van der Waals surface area contributed by atoms with E-state index >= 15 is 0 Å². The molecule has 0 bridgehead atoms. The van der Waals surface area contributed by atoms with Gasteiger partial charge in [-0.1, -0.05) is 58.5 Å². The zero-order valence-electron chi connectivity index (χ0n) is 25.9. The average molecular weight is 787 g/mol. The third kappa shape index (κ3) is 7.48. The first kappa shape index (κ1) is 36.4. The molecule has 0 spiro atoms. The highest BCUT2D eigenvalue weighted by atomic mass is 35.5. The van der Waals surface area contributed by atoms with E-state index in [1.54, 1.807) is 36.4 Å². The van der Waals surface area contributed by atoms with Crippen molar-refractivity contribution >= 4 is 66.5 Å². The molecule has 4 aromatic carbocycles. The number of halogens is 4. The fourth-order valence-corrected chi connectivity index (χ4v) is 9.61. The second kappa shape index (κ2) is 14.0. The summed E-state index contributed by atoms with van der Waals surface area (Å²) in [5.41, 5.74) is -1.27. The van der Waals surface area contributed by atoms with Crippen LogP contribution in [0.4, 0.5) is 0 Å². The van der Waals surface area contributed by atoms with Crippen LogP contribution in [0.15, 0.2) is 94.7 Å². The van der Waals surface area contributed by atoms with Gasteiger partial charge in [-0.25, -0.2) is 16.8 Å². The molecule has 15 heteroatoms. The lowest BCUT2D eigenvalue weighted by atomic mass is 9.85. The van der Waals surface area contributed by atoms with Gasteiger partial charge in [0.1, 0.15) is 11.5 Å². The summed E-state index contributed by atoms with van der Waals surface area (Å²) in [6, 6.07) is 21.7. The molecular formula is C34H32Cl4N2O7S2. The Morgan fingerprint density at radius 3 is 1.14 bits per heavy atom. The average Bonchev–Trinajstić information content (AvgIpc) is 3.08. The lowest BCUT2D eigenvalue weighted by Gasteiger charge is -2.38. The van der Waals surface area contributed by atoms with Gasteiger partial charge in [-0.2, -0.15) is 8.61 Å². The molecule has 9 nitrogen and oxygen atoms in total. The molecule has 0 atom stereocenters. The number of sulfonamides is 2. The number of ether oxygens (including phenoxy) is 1. The van der Waals surface area contributed by atoms with Gasteiger partial charge in [0, 0.05) is 26.2 Å². The van der Waals surface area contributed by atoms with E-state index in [4.69, 9.17) is 51.1 Å². The van der Waals surface area contributed by atoms with Gasteiger partial charge >= 0.3 is 0 Å². The van der Waals surface area contributed by atoms with E-state index in [-0.39, 0.29) is 61.7 Å². The molecule has 0 amide bonds. The van der Waals surface area contributed by atoms with Crippen molar-refractivity contribution in [3.05, 3.63) is 116 Å². The second-order valence-electron chi connectivity index (χ2n) is 12.2. The predicted octanol–water partition coefficient (Wildman–Crippen LogP) is 7.44. The SMILES string of the molecule is O=S(=O)(c1ccc(Oc2ccc(S(=O)(=O)N3CCC(O)(c4ccc(Cl)c(Cl)c4)CC3)cc2)cc1)N1CCC(O)(c2ccc(Cl)c(Cl)c2)CC1. The Kier molecular flexibility index (Phi) is 10.4. The molecule has 260 valence electrons. The molecule has 0 radical (unpaired) electrons. The summed E-state index contributed by atoms with van der Waals surface area (Å²) < 4.78 is 62.1. The second-order valence-corrected chi connectivity index (χ2v) is 17.7. The van der Waals surface area contributed by atoms with Crippen molar-refractivity contribution in [2.24, 2.45) is 0 Å². The van der Waals surface area contributed by atoms with Crippen LogP contribution >= 0.6 is 46.4 Å². The summed E-state index contributed by atoms with van der Waals surface area (Å²) in [5.74, 6) is 0.722. The van der Waals surface area contributed by atoms with E-state index in [1.807, 2.05) is 0 Å². The summed E-state index contributed by atoms with van der Waals surface area (Å²) in [5, 5.41) is 23.8. The van der Waals surface area contributed by atoms with Crippen LogP contribution in [0.1, 0.15) is 36.8 Å². The summed E-state index contributed by atoms with van der Waals surface area (Å²) in [4.78, 5) is 0.155. The maximum absolute atomic E-state index is 13.4. The number of nitrogens with zero attached hydrogens (tertiary/aromatic N) is 2. The van der Waals surface area contributed by atoms with Crippen LogP contribution in [-0.2, 0) is 31.2 Å². The minimum atomic E-state index is -3.84. The number of benzene rings is 4. The Bertz CT molecular complexity index is 1920. The molecule has 2 heterocycles. The van der Waals surface area contributed by atoms with Crippen molar-refractivity contribution < 1.29 is 31.8 Å². The first-order valence-electron chi connectivity index (χ1n) is 15.3. The van der Waals surface area contributed by atoms with Gasteiger partial charge in [0.15, 0.2) is 0 Å². The van der Waals surface area contributed by atoms with Crippen molar-refractivity contribution in [1.29, 1.82) is 0 Å². The third-order valence-electron chi connectivity index (χ3n) is 9.17. The molecule has 2 aliphatic heterocycles. The van der Waals surface area contributed by atoms with E-state index in [1.165, 1.54) is 57.1 Å². The molecule has 2 saturated heterocycles. The molecule has 0 aliphatic carbocycles. The van der Waals surface area contributed by atoms with Crippen LogP contribution in [-0.4, -0.2) is 61.8 Å². The van der Waals surface area contributed by atoms with Crippen molar-refractivity contribution in [3.63, 3.8) is 0 Å². The normalized spacial score (nSPS) is 18.7. The van der Waals surface area contributed by atoms with Gasteiger partial charge in [-0.15, -0.1) is 0 Å². The van der Waals surface area contributed by atoms with Gasteiger partial charge in [0.2, 0.25) is 20.0 Å². The molecule has 4 aromatic rings. The number of piperidine rings is 2. The molecule has 49 heavy (non-hydrogen) atoms. The minimum Gasteiger partial charge on any atom is -0.457 e. The molecule has 2 N–H and O–H groups in total. The van der Waals surface area contributed by atoms with Crippen molar-refractivity contribution in [3.8, 4) is 11.5 Å². The Labute approximate surface area is 305 Å². The molecule has 0 unspecified atom stereocenters. The molecule has 0 saturated carbocycles. The monoisotopic (exact) mass is 784 g/mol. The lowest BCUT2D eigenvalue weighted by molar-refractivity contribution is -0.0100. The quantitative estimate of drug-likeness (QED) is 0.190. The molecule has 6 rings (SSSR count). The fraction of sp³-hybridized carbons (Fsp3) is 0.294. The van der Waals surface area contributed by atoms with Crippen molar-refractivity contribution in [2.75, 3.05) is 26.2 Å². The van der Waals surface area contributed by atoms with Gasteiger partial charge in [0.25, 0.3) is 0 Å². The largest absolute Gasteiger partial charge is 0.457 e. The minimum absolute atomic E-state index is 0.0776. The Morgan fingerprint density at radius 1 is 0.510 bits per heavy atom. The number of aliphatic hydroxyl groups is 2. The summed E-state index contributed by atoms with van der Waals surface area (Å²) in [6.07, 6.45) is 0.761. The summed E-state index contributed by atoms with van der Waals surface area (Å²) in [6.45, 7) is 0.453. The van der Waals surface area contributed by atoms with E-state index in [0.29, 0.717) is 42.7 Å². The molecular weight excluding hydrogens is 754 g/mol. The summed E-state index contributed by atoms with van der Waals surface area (Å²) in [7, 11) is -7.67. The van der Waals surface area contributed by atoms with Crippen LogP contribution in [0, 0.1) is 0 Å². The zero-order valence-corrected chi connectivity index (χ0v) is 30.6. The van der Waals surface area contributed by atoms with E-state index < -0.39 is 31.2 Å². The maximum atomic E-state index is 13.4. The first-order chi connectivity index (χ1) is 23.1. The molecule has 0 aromatic heterocycles. The standard InChI is InChI=1S/C34H32Cl4N2O7S2/c35-29-11-1-23(21-31(29)37)33(41)13-17-39(18-14-33)48(43,44)27-7-3-25(4-8-27)47-26-5-9-28(10-6-26)49(45,46)40-19-15-34(42,16-20-40)24-2-12-30(36)32(38)22-24/h1-12,21-22,41-42H,13-20H2. The Hall–Kier alpha value is -2.42.